The monoisotopic (exact) mass is 680 g/mol. The lowest BCUT2D eigenvalue weighted by Crippen LogP contribution is -2.30. The number of rotatable bonds is 3. The molecule has 0 atom stereocenters. The minimum atomic E-state index is -0.204. The average Bonchev–Trinajstić information content (AvgIpc) is 3.66. The SMILES string of the molecule is Cc1ccc2c(oc3c4ccc(-c5nc(C(C)(C)C)nc(C(C)(C)C)n5)cc4ccc23)c1-c1cc2c(c[n+]1C)c1ccccc1n2-c1ccccc1. The average molecular weight is 681 g/mol. The third-order valence-corrected chi connectivity index (χ3v) is 10.3. The van der Waals surface area contributed by atoms with Crippen molar-refractivity contribution in [3.8, 4) is 28.3 Å². The zero-order valence-electron chi connectivity index (χ0n) is 31.0. The second kappa shape index (κ2) is 11.3. The van der Waals surface area contributed by atoms with E-state index in [0.29, 0.717) is 5.82 Å². The molecule has 0 aliphatic carbocycles. The maximum absolute atomic E-state index is 6.98. The van der Waals surface area contributed by atoms with E-state index in [4.69, 9.17) is 19.4 Å². The number of benzene rings is 5. The van der Waals surface area contributed by atoms with Crippen molar-refractivity contribution in [2.75, 3.05) is 0 Å². The van der Waals surface area contributed by atoms with Gasteiger partial charge >= 0.3 is 0 Å². The van der Waals surface area contributed by atoms with Crippen LogP contribution in [-0.4, -0.2) is 19.5 Å². The van der Waals surface area contributed by atoms with Crippen LogP contribution in [0.5, 0.6) is 0 Å². The topological polar surface area (TPSA) is 60.6 Å². The molecule has 0 aliphatic rings. The Bertz CT molecular complexity index is 2850. The molecular weight excluding hydrogens is 639 g/mol. The molecule has 0 fully saturated rings. The first kappa shape index (κ1) is 32.1. The van der Waals surface area contributed by atoms with Gasteiger partial charge in [-0.15, -0.1) is 0 Å². The van der Waals surface area contributed by atoms with E-state index >= 15 is 0 Å². The van der Waals surface area contributed by atoms with Crippen molar-refractivity contribution in [1.29, 1.82) is 0 Å². The largest absolute Gasteiger partial charge is 0.454 e. The number of aryl methyl sites for hydroxylation is 2. The second-order valence-corrected chi connectivity index (χ2v) is 16.2. The van der Waals surface area contributed by atoms with Gasteiger partial charge in [-0.25, -0.2) is 19.5 Å². The van der Waals surface area contributed by atoms with Crippen LogP contribution in [0.3, 0.4) is 0 Å². The molecule has 0 radical (unpaired) electrons. The molecule has 0 saturated carbocycles. The molecule has 0 unspecified atom stereocenters. The molecule has 52 heavy (non-hydrogen) atoms. The van der Waals surface area contributed by atoms with Gasteiger partial charge in [0.05, 0.1) is 22.0 Å². The summed E-state index contributed by atoms with van der Waals surface area (Å²) < 4.78 is 11.6. The van der Waals surface area contributed by atoms with Crippen molar-refractivity contribution in [1.82, 2.24) is 19.5 Å². The standard InChI is InChI=1S/C46H42N5O/c1-27-18-21-34-33-23-19-28-24-29(42-47-43(45(2,3)4)49-44(48-42)46(5,6)7)20-22-31(28)40(33)52-41(34)39(27)38-25-37-35(26-50(38)8)32-16-12-13-17-36(32)51(37)30-14-10-9-11-15-30/h9-26H,1-8H3/q+1. The summed E-state index contributed by atoms with van der Waals surface area (Å²) in [6.07, 6.45) is 2.27. The number of furan rings is 1. The van der Waals surface area contributed by atoms with Gasteiger partial charge in [0.2, 0.25) is 5.69 Å². The summed E-state index contributed by atoms with van der Waals surface area (Å²) in [5, 5.41) is 6.79. The van der Waals surface area contributed by atoms with E-state index in [9.17, 15) is 0 Å². The minimum Gasteiger partial charge on any atom is -0.454 e. The number of hydrogen-bond acceptors (Lipinski definition) is 4. The summed E-state index contributed by atoms with van der Waals surface area (Å²) in [6, 6.07) is 36.9. The van der Waals surface area contributed by atoms with Crippen molar-refractivity contribution < 1.29 is 8.98 Å². The smallest absolute Gasteiger partial charge is 0.218 e. The molecule has 0 aliphatic heterocycles. The van der Waals surface area contributed by atoms with E-state index in [0.717, 1.165) is 77.9 Å². The minimum absolute atomic E-state index is 0.204. The summed E-state index contributed by atoms with van der Waals surface area (Å²) in [7, 11) is 2.14. The Morgan fingerprint density at radius 1 is 0.596 bits per heavy atom. The number of aromatic nitrogens is 5. The number of hydrogen-bond donors (Lipinski definition) is 0. The number of nitrogens with zero attached hydrogens (tertiary/aromatic N) is 5. The maximum atomic E-state index is 6.98. The highest BCUT2D eigenvalue weighted by Gasteiger charge is 2.27. The van der Waals surface area contributed by atoms with Gasteiger partial charge in [-0.2, -0.15) is 0 Å². The zero-order chi connectivity index (χ0) is 36.1. The molecule has 9 rings (SSSR count). The zero-order valence-corrected chi connectivity index (χ0v) is 31.0. The summed E-state index contributed by atoms with van der Waals surface area (Å²) in [4.78, 5) is 14.8. The number of fused-ring (bicyclic) bond motifs is 8. The van der Waals surface area contributed by atoms with Gasteiger partial charge < -0.3 is 8.98 Å². The molecule has 0 N–H and O–H groups in total. The molecule has 0 bridgehead atoms. The van der Waals surface area contributed by atoms with Crippen molar-refractivity contribution >= 4 is 54.5 Å². The highest BCUT2D eigenvalue weighted by atomic mass is 16.3. The first-order chi connectivity index (χ1) is 24.9. The van der Waals surface area contributed by atoms with Gasteiger partial charge in [0.25, 0.3) is 0 Å². The third-order valence-electron chi connectivity index (χ3n) is 10.3. The van der Waals surface area contributed by atoms with Gasteiger partial charge in [0, 0.05) is 49.7 Å². The fraction of sp³-hybridized carbons (Fsp3) is 0.217. The van der Waals surface area contributed by atoms with Crippen LogP contribution in [0, 0.1) is 6.92 Å². The Morgan fingerprint density at radius 2 is 1.25 bits per heavy atom. The highest BCUT2D eigenvalue weighted by molar-refractivity contribution is 6.18. The third kappa shape index (κ3) is 5.00. The van der Waals surface area contributed by atoms with E-state index in [1.807, 2.05) is 0 Å². The van der Waals surface area contributed by atoms with Gasteiger partial charge in [0.15, 0.2) is 12.0 Å². The molecule has 6 heteroatoms. The predicted octanol–water partition coefficient (Wildman–Crippen LogP) is 11.1. The van der Waals surface area contributed by atoms with E-state index in [1.54, 1.807) is 0 Å². The Morgan fingerprint density at radius 3 is 1.98 bits per heavy atom. The van der Waals surface area contributed by atoms with E-state index < -0.39 is 0 Å². The summed E-state index contributed by atoms with van der Waals surface area (Å²) in [6.45, 7) is 15.1. The summed E-state index contributed by atoms with van der Waals surface area (Å²) in [5.41, 5.74) is 9.18. The van der Waals surface area contributed by atoms with Crippen LogP contribution in [-0.2, 0) is 17.9 Å². The van der Waals surface area contributed by atoms with Crippen LogP contribution in [0.1, 0.15) is 58.8 Å². The molecule has 256 valence electrons. The van der Waals surface area contributed by atoms with Crippen molar-refractivity contribution in [3.63, 3.8) is 0 Å². The molecule has 0 saturated heterocycles. The van der Waals surface area contributed by atoms with Gasteiger partial charge in [-0.1, -0.05) is 102 Å². The molecule has 6 nitrogen and oxygen atoms in total. The van der Waals surface area contributed by atoms with Gasteiger partial charge in [-0.05, 0) is 54.3 Å². The van der Waals surface area contributed by atoms with Crippen molar-refractivity contribution in [3.05, 3.63) is 127 Å². The van der Waals surface area contributed by atoms with Crippen LogP contribution in [0.25, 0.3) is 82.8 Å². The van der Waals surface area contributed by atoms with Crippen molar-refractivity contribution in [2.24, 2.45) is 7.05 Å². The fourth-order valence-corrected chi connectivity index (χ4v) is 7.52. The Hall–Kier alpha value is -5.88. The molecule has 9 aromatic rings. The first-order valence-corrected chi connectivity index (χ1v) is 18.0. The van der Waals surface area contributed by atoms with Crippen LogP contribution in [0.4, 0.5) is 0 Å². The van der Waals surface area contributed by atoms with E-state index in [2.05, 4.69) is 174 Å². The van der Waals surface area contributed by atoms with Crippen LogP contribution >= 0.6 is 0 Å². The Balaban J connectivity index is 1.25. The molecule has 4 aromatic heterocycles. The van der Waals surface area contributed by atoms with Gasteiger partial charge in [-0.3, -0.25) is 0 Å². The summed E-state index contributed by atoms with van der Waals surface area (Å²) >= 11 is 0. The molecule has 4 heterocycles. The van der Waals surface area contributed by atoms with Crippen LogP contribution in [0.15, 0.2) is 114 Å². The first-order valence-electron chi connectivity index (χ1n) is 18.0. The fourth-order valence-electron chi connectivity index (χ4n) is 7.52. The lowest BCUT2D eigenvalue weighted by atomic mass is 9.93. The lowest BCUT2D eigenvalue weighted by molar-refractivity contribution is -0.659. The van der Waals surface area contributed by atoms with E-state index in [1.165, 1.54) is 16.3 Å². The Kier molecular flexibility index (Phi) is 6.97. The Labute approximate surface area is 303 Å². The van der Waals surface area contributed by atoms with Crippen molar-refractivity contribution in [2.45, 2.75) is 59.3 Å². The lowest BCUT2D eigenvalue weighted by Gasteiger charge is -2.22. The normalized spacial score (nSPS) is 12.6. The highest BCUT2D eigenvalue weighted by Crippen LogP contribution is 2.42. The number of pyridine rings is 1. The van der Waals surface area contributed by atoms with Crippen LogP contribution < -0.4 is 4.57 Å². The number of para-hydroxylation sites is 2. The van der Waals surface area contributed by atoms with E-state index in [-0.39, 0.29) is 10.8 Å². The summed E-state index contributed by atoms with van der Waals surface area (Å²) in [5.74, 6) is 2.30. The van der Waals surface area contributed by atoms with Gasteiger partial charge in [0.1, 0.15) is 29.9 Å². The predicted molar refractivity (Wildman–Crippen MR) is 213 cm³/mol. The quantitative estimate of drug-likeness (QED) is 0.174. The molecule has 5 aromatic carbocycles. The second-order valence-electron chi connectivity index (χ2n) is 16.2. The molecular formula is C46H42N5O+. The molecule has 0 amide bonds. The maximum Gasteiger partial charge on any atom is 0.218 e. The van der Waals surface area contributed by atoms with Crippen LogP contribution in [0.2, 0.25) is 0 Å². The molecule has 0 spiro atoms.